The molecule has 21 heavy (non-hydrogen) atoms. The third-order valence-electron chi connectivity index (χ3n) is 4.96. The highest BCUT2D eigenvalue weighted by Crippen LogP contribution is 2.37. The molecule has 4 heteroatoms. The molecule has 2 aliphatic rings. The number of hydrogen-bond acceptors (Lipinski definition) is 2. The van der Waals surface area contributed by atoms with Gasteiger partial charge in [0.25, 0.3) is 0 Å². The molecule has 1 aromatic carbocycles. The molecule has 0 aromatic heterocycles. The Morgan fingerprint density at radius 1 is 1.14 bits per heavy atom. The van der Waals surface area contributed by atoms with Crippen LogP contribution in [-0.4, -0.2) is 46.7 Å². The molecule has 2 heterocycles. The van der Waals surface area contributed by atoms with E-state index in [0.29, 0.717) is 12.6 Å². The van der Waals surface area contributed by atoms with Gasteiger partial charge in [-0.2, -0.15) is 0 Å². The van der Waals surface area contributed by atoms with Gasteiger partial charge in [-0.05, 0) is 56.8 Å². The molecule has 0 radical (unpaired) electrons. The van der Waals surface area contributed by atoms with Crippen LogP contribution in [0.25, 0.3) is 0 Å². The van der Waals surface area contributed by atoms with E-state index in [2.05, 4.69) is 24.0 Å². The van der Waals surface area contributed by atoms with E-state index in [0.717, 1.165) is 25.9 Å². The third-order valence-corrected chi connectivity index (χ3v) is 4.96. The maximum absolute atomic E-state index is 11.7. The molecule has 2 atom stereocenters. The van der Waals surface area contributed by atoms with Crippen molar-refractivity contribution in [3.8, 4) is 0 Å². The van der Waals surface area contributed by atoms with Gasteiger partial charge in [0.05, 0.1) is 6.04 Å². The molecule has 0 saturated carbocycles. The van der Waals surface area contributed by atoms with E-state index in [1.807, 2.05) is 12.1 Å². The average molecular weight is 288 g/mol. The number of amides is 1. The molecule has 0 bridgehead atoms. The van der Waals surface area contributed by atoms with Gasteiger partial charge < -0.3 is 5.11 Å². The number of nitrogens with zero attached hydrogens (tertiary/aromatic N) is 2. The first-order valence-corrected chi connectivity index (χ1v) is 7.97. The van der Waals surface area contributed by atoms with E-state index in [1.165, 1.54) is 24.0 Å². The van der Waals surface area contributed by atoms with Crippen molar-refractivity contribution in [1.82, 2.24) is 9.80 Å². The van der Waals surface area contributed by atoms with Gasteiger partial charge in [-0.15, -0.1) is 0 Å². The summed E-state index contributed by atoms with van der Waals surface area (Å²) in [6.45, 7) is 4.96. The SMILES string of the molecule is Cc1ccccc1C1C(N2CCCC2)CCCN1C(=O)O. The van der Waals surface area contributed by atoms with Crippen molar-refractivity contribution in [2.75, 3.05) is 19.6 Å². The fourth-order valence-corrected chi connectivity index (χ4v) is 3.94. The van der Waals surface area contributed by atoms with Gasteiger partial charge >= 0.3 is 6.09 Å². The second kappa shape index (κ2) is 6.06. The Labute approximate surface area is 126 Å². The van der Waals surface area contributed by atoms with Crippen LogP contribution < -0.4 is 0 Å². The van der Waals surface area contributed by atoms with Crippen molar-refractivity contribution in [2.45, 2.75) is 44.7 Å². The fraction of sp³-hybridized carbons (Fsp3) is 0.588. The molecule has 2 unspecified atom stereocenters. The van der Waals surface area contributed by atoms with Crippen molar-refractivity contribution in [3.63, 3.8) is 0 Å². The minimum absolute atomic E-state index is 0.0180. The Bertz CT molecular complexity index is 511. The Morgan fingerprint density at radius 2 is 1.86 bits per heavy atom. The van der Waals surface area contributed by atoms with E-state index in [9.17, 15) is 9.90 Å². The summed E-state index contributed by atoms with van der Waals surface area (Å²) in [5.41, 5.74) is 2.37. The number of carboxylic acid groups (broad SMARTS) is 1. The highest BCUT2D eigenvalue weighted by Gasteiger charge is 2.39. The van der Waals surface area contributed by atoms with Crippen molar-refractivity contribution < 1.29 is 9.90 Å². The third kappa shape index (κ3) is 2.77. The predicted octanol–water partition coefficient (Wildman–Crippen LogP) is 3.27. The first kappa shape index (κ1) is 14.4. The van der Waals surface area contributed by atoms with E-state index in [1.54, 1.807) is 4.90 Å². The Kier molecular flexibility index (Phi) is 4.15. The van der Waals surface area contributed by atoms with Crippen LogP contribution >= 0.6 is 0 Å². The minimum Gasteiger partial charge on any atom is -0.465 e. The van der Waals surface area contributed by atoms with Crippen LogP contribution in [0.4, 0.5) is 4.79 Å². The molecule has 0 spiro atoms. The molecule has 114 valence electrons. The van der Waals surface area contributed by atoms with Crippen LogP contribution in [0.2, 0.25) is 0 Å². The van der Waals surface area contributed by atoms with Gasteiger partial charge in [0.15, 0.2) is 0 Å². The van der Waals surface area contributed by atoms with Gasteiger partial charge in [0, 0.05) is 12.6 Å². The summed E-state index contributed by atoms with van der Waals surface area (Å²) in [6.07, 6.45) is 3.76. The lowest BCUT2D eigenvalue weighted by Gasteiger charge is -2.44. The van der Waals surface area contributed by atoms with Crippen LogP contribution in [0.15, 0.2) is 24.3 Å². The number of piperidine rings is 1. The predicted molar refractivity (Wildman–Crippen MR) is 82.5 cm³/mol. The quantitative estimate of drug-likeness (QED) is 0.908. The van der Waals surface area contributed by atoms with E-state index in [-0.39, 0.29) is 6.04 Å². The number of aryl methyl sites for hydroxylation is 1. The van der Waals surface area contributed by atoms with Crippen molar-refractivity contribution >= 4 is 6.09 Å². The summed E-state index contributed by atoms with van der Waals surface area (Å²) in [7, 11) is 0. The molecule has 3 rings (SSSR count). The van der Waals surface area contributed by atoms with Crippen molar-refractivity contribution in [3.05, 3.63) is 35.4 Å². The summed E-state index contributed by atoms with van der Waals surface area (Å²) >= 11 is 0. The zero-order chi connectivity index (χ0) is 14.8. The number of hydrogen-bond donors (Lipinski definition) is 1. The smallest absolute Gasteiger partial charge is 0.407 e. The highest BCUT2D eigenvalue weighted by molar-refractivity contribution is 5.66. The molecule has 2 fully saturated rings. The molecule has 2 saturated heterocycles. The summed E-state index contributed by atoms with van der Waals surface area (Å²) < 4.78 is 0. The van der Waals surface area contributed by atoms with Gasteiger partial charge in [-0.25, -0.2) is 4.79 Å². The van der Waals surface area contributed by atoms with Crippen molar-refractivity contribution in [1.29, 1.82) is 0 Å². The van der Waals surface area contributed by atoms with Crippen LogP contribution in [-0.2, 0) is 0 Å². The molecule has 2 aliphatic heterocycles. The molecule has 1 N–H and O–H groups in total. The fourth-order valence-electron chi connectivity index (χ4n) is 3.94. The second-order valence-corrected chi connectivity index (χ2v) is 6.23. The van der Waals surface area contributed by atoms with Gasteiger partial charge in [-0.3, -0.25) is 9.80 Å². The maximum Gasteiger partial charge on any atom is 0.407 e. The number of likely N-dealkylation sites (tertiary alicyclic amines) is 2. The lowest BCUT2D eigenvalue weighted by molar-refractivity contribution is 0.0492. The van der Waals surface area contributed by atoms with Gasteiger partial charge in [-0.1, -0.05) is 24.3 Å². The van der Waals surface area contributed by atoms with Crippen LogP contribution in [0.3, 0.4) is 0 Å². The summed E-state index contributed by atoms with van der Waals surface area (Å²) in [6, 6.07) is 8.55. The lowest BCUT2D eigenvalue weighted by atomic mass is 9.87. The number of carbonyl (C=O) groups is 1. The summed E-state index contributed by atoms with van der Waals surface area (Å²) in [5.74, 6) is 0. The zero-order valence-corrected chi connectivity index (χ0v) is 12.7. The Morgan fingerprint density at radius 3 is 2.52 bits per heavy atom. The highest BCUT2D eigenvalue weighted by atomic mass is 16.4. The van der Waals surface area contributed by atoms with Crippen LogP contribution in [0, 0.1) is 6.92 Å². The average Bonchev–Trinajstić information content (AvgIpc) is 3.01. The summed E-state index contributed by atoms with van der Waals surface area (Å²) in [4.78, 5) is 15.9. The molecule has 0 aliphatic carbocycles. The maximum atomic E-state index is 11.7. The molecular formula is C17H24N2O2. The van der Waals surface area contributed by atoms with E-state index in [4.69, 9.17) is 0 Å². The first-order valence-electron chi connectivity index (χ1n) is 7.97. The molecule has 1 aromatic rings. The van der Waals surface area contributed by atoms with E-state index >= 15 is 0 Å². The number of rotatable bonds is 2. The van der Waals surface area contributed by atoms with E-state index < -0.39 is 6.09 Å². The van der Waals surface area contributed by atoms with Gasteiger partial charge in [0.1, 0.15) is 0 Å². The standard InChI is InChI=1S/C17H24N2O2/c1-13-7-2-3-8-14(13)16-15(18-10-4-5-11-18)9-6-12-19(16)17(20)21/h2-3,7-8,15-16H,4-6,9-12H2,1H3,(H,20,21). The molecule has 1 amide bonds. The molecular weight excluding hydrogens is 264 g/mol. The Balaban J connectivity index is 1.97. The number of benzene rings is 1. The van der Waals surface area contributed by atoms with Gasteiger partial charge in [0.2, 0.25) is 0 Å². The largest absolute Gasteiger partial charge is 0.465 e. The second-order valence-electron chi connectivity index (χ2n) is 6.23. The lowest BCUT2D eigenvalue weighted by Crippen LogP contribution is -2.51. The topological polar surface area (TPSA) is 43.8 Å². The molecule has 4 nitrogen and oxygen atoms in total. The Hall–Kier alpha value is -1.55. The zero-order valence-electron chi connectivity index (χ0n) is 12.7. The summed E-state index contributed by atoms with van der Waals surface area (Å²) in [5, 5.41) is 9.63. The van der Waals surface area contributed by atoms with Crippen LogP contribution in [0.1, 0.15) is 42.9 Å². The normalized spacial score (nSPS) is 27.0. The monoisotopic (exact) mass is 288 g/mol. The van der Waals surface area contributed by atoms with Crippen LogP contribution in [0.5, 0.6) is 0 Å². The first-order chi connectivity index (χ1) is 10.2. The minimum atomic E-state index is -0.785. The van der Waals surface area contributed by atoms with Crippen molar-refractivity contribution in [2.24, 2.45) is 0 Å².